The maximum Gasteiger partial charge on any atom is 0.262 e. The van der Waals surface area contributed by atoms with Crippen molar-refractivity contribution in [3.63, 3.8) is 0 Å². The maximum atomic E-state index is 12.9. The van der Waals surface area contributed by atoms with Gasteiger partial charge in [-0.2, -0.15) is 0 Å². The van der Waals surface area contributed by atoms with Crippen LogP contribution in [-0.4, -0.2) is 46.0 Å². The van der Waals surface area contributed by atoms with E-state index in [9.17, 15) is 9.59 Å². The van der Waals surface area contributed by atoms with E-state index >= 15 is 0 Å². The van der Waals surface area contributed by atoms with Gasteiger partial charge in [0, 0.05) is 24.7 Å². The molecule has 1 amide bonds. The summed E-state index contributed by atoms with van der Waals surface area (Å²) in [5.41, 5.74) is 1.06. The fourth-order valence-electron chi connectivity index (χ4n) is 4.16. The highest BCUT2D eigenvalue weighted by Crippen LogP contribution is 2.24. The minimum atomic E-state index is -0.108. The fraction of sp³-hybridized carbons (Fsp3) is 0.591. The van der Waals surface area contributed by atoms with Crippen LogP contribution in [0.25, 0.3) is 10.9 Å². The molecule has 6 nitrogen and oxygen atoms in total. The van der Waals surface area contributed by atoms with Crippen LogP contribution >= 0.6 is 12.2 Å². The molecule has 0 saturated heterocycles. The van der Waals surface area contributed by atoms with Gasteiger partial charge in [0.05, 0.1) is 10.9 Å². The minimum Gasteiger partial charge on any atom is -0.349 e. The van der Waals surface area contributed by atoms with Crippen molar-refractivity contribution in [1.82, 2.24) is 19.8 Å². The average Bonchev–Trinajstić information content (AvgIpc) is 2.72. The van der Waals surface area contributed by atoms with Gasteiger partial charge in [-0.15, -0.1) is 0 Å². The van der Waals surface area contributed by atoms with Gasteiger partial charge in [-0.1, -0.05) is 33.6 Å². The van der Waals surface area contributed by atoms with E-state index in [2.05, 4.69) is 36.0 Å². The molecule has 1 heterocycles. The Labute approximate surface area is 177 Å². The number of fused-ring (bicyclic) bond motifs is 1. The Kier molecular flexibility index (Phi) is 7.24. The van der Waals surface area contributed by atoms with E-state index in [4.69, 9.17) is 12.2 Å². The number of rotatable bonds is 7. The van der Waals surface area contributed by atoms with Crippen LogP contribution in [0.2, 0.25) is 0 Å². The molecule has 2 atom stereocenters. The highest BCUT2D eigenvalue weighted by molar-refractivity contribution is 7.71. The molecule has 0 aliphatic heterocycles. The van der Waals surface area contributed by atoms with Gasteiger partial charge in [-0.3, -0.25) is 14.2 Å². The summed E-state index contributed by atoms with van der Waals surface area (Å²) in [5, 5.41) is 3.72. The number of hydrogen-bond acceptors (Lipinski definition) is 4. The first kappa shape index (κ1) is 21.7. The number of amides is 1. The lowest BCUT2D eigenvalue weighted by Gasteiger charge is -2.29. The molecule has 29 heavy (non-hydrogen) atoms. The largest absolute Gasteiger partial charge is 0.349 e. The molecule has 2 N–H and O–H groups in total. The number of nitrogens with zero attached hydrogens (tertiary/aromatic N) is 2. The molecule has 0 spiro atoms. The van der Waals surface area contributed by atoms with Crippen LogP contribution < -0.4 is 10.9 Å². The Bertz CT molecular complexity index is 977. The predicted octanol–water partition coefficient (Wildman–Crippen LogP) is 3.71. The number of carbonyl (C=O) groups excluding carboxylic acids is 1. The second kappa shape index (κ2) is 9.67. The van der Waals surface area contributed by atoms with Crippen LogP contribution in [0.15, 0.2) is 23.0 Å². The molecule has 1 saturated carbocycles. The molecule has 1 aliphatic carbocycles. The van der Waals surface area contributed by atoms with Gasteiger partial charge in [-0.05, 0) is 62.3 Å². The first-order chi connectivity index (χ1) is 13.9. The SMILES string of the molecule is CCN(CC)CCn1c(=S)[nH]c2cc(C(=O)N[C@@H]3CCCC[C@H]3C)ccc2c1=O. The summed E-state index contributed by atoms with van der Waals surface area (Å²) in [7, 11) is 0. The number of benzene rings is 1. The summed E-state index contributed by atoms with van der Waals surface area (Å²) in [6.45, 7) is 9.61. The average molecular weight is 417 g/mol. The van der Waals surface area contributed by atoms with Crippen LogP contribution in [-0.2, 0) is 6.54 Å². The molecule has 0 bridgehead atoms. The zero-order chi connectivity index (χ0) is 21.0. The highest BCUT2D eigenvalue weighted by Gasteiger charge is 2.23. The highest BCUT2D eigenvalue weighted by atomic mass is 32.1. The lowest BCUT2D eigenvalue weighted by Crippen LogP contribution is -2.41. The molecule has 1 fully saturated rings. The van der Waals surface area contributed by atoms with Crippen molar-refractivity contribution in [1.29, 1.82) is 0 Å². The van der Waals surface area contributed by atoms with Crippen LogP contribution in [0.3, 0.4) is 0 Å². The van der Waals surface area contributed by atoms with E-state index in [1.165, 1.54) is 6.42 Å². The topological polar surface area (TPSA) is 70.1 Å². The van der Waals surface area contributed by atoms with Crippen molar-refractivity contribution in [2.75, 3.05) is 19.6 Å². The molecule has 3 rings (SSSR count). The third-order valence-electron chi connectivity index (χ3n) is 6.21. The second-order valence-corrected chi connectivity index (χ2v) is 8.40. The number of carbonyl (C=O) groups is 1. The van der Waals surface area contributed by atoms with Crippen molar-refractivity contribution in [3.05, 3.63) is 38.9 Å². The molecule has 0 unspecified atom stereocenters. The normalized spacial score (nSPS) is 19.6. The minimum absolute atomic E-state index is 0.0873. The summed E-state index contributed by atoms with van der Waals surface area (Å²) in [6.07, 6.45) is 4.58. The van der Waals surface area contributed by atoms with Gasteiger partial charge in [0.1, 0.15) is 0 Å². The first-order valence-corrected chi connectivity index (χ1v) is 11.2. The van der Waals surface area contributed by atoms with E-state index in [0.29, 0.717) is 33.7 Å². The molecule has 1 aliphatic rings. The van der Waals surface area contributed by atoms with Crippen LogP contribution in [0.4, 0.5) is 0 Å². The Morgan fingerprint density at radius 3 is 2.69 bits per heavy atom. The Morgan fingerprint density at radius 1 is 1.28 bits per heavy atom. The summed E-state index contributed by atoms with van der Waals surface area (Å²) in [5.74, 6) is 0.410. The number of likely N-dealkylation sites (N-methyl/N-ethyl adjacent to an activating group) is 1. The monoisotopic (exact) mass is 416 g/mol. The Morgan fingerprint density at radius 2 is 2.00 bits per heavy atom. The number of aromatic nitrogens is 2. The number of hydrogen-bond donors (Lipinski definition) is 2. The quantitative estimate of drug-likeness (QED) is 0.675. The van der Waals surface area contributed by atoms with Crippen molar-refractivity contribution >= 4 is 29.0 Å². The lowest BCUT2D eigenvalue weighted by molar-refractivity contribution is 0.0910. The predicted molar refractivity (Wildman–Crippen MR) is 120 cm³/mol. The van der Waals surface area contributed by atoms with Crippen molar-refractivity contribution in [3.8, 4) is 0 Å². The molecule has 2 aromatic rings. The van der Waals surface area contributed by atoms with E-state index in [1.54, 1.807) is 22.8 Å². The van der Waals surface area contributed by atoms with Crippen molar-refractivity contribution in [2.24, 2.45) is 5.92 Å². The van der Waals surface area contributed by atoms with E-state index in [0.717, 1.165) is 38.9 Å². The third-order valence-corrected chi connectivity index (χ3v) is 6.53. The lowest BCUT2D eigenvalue weighted by atomic mass is 9.86. The number of H-pyrrole nitrogens is 1. The summed E-state index contributed by atoms with van der Waals surface area (Å²) in [4.78, 5) is 31.1. The summed E-state index contributed by atoms with van der Waals surface area (Å²) >= 11 is 5.43. The van der Waals surface area contributed by atoms with E-state index in [1.807, 2.05) is 0 Å². The molecule has 0 radical (unpaired) electrons. The fourth-order valence-corrected chi connectivity index (χ4v) is 4.45. The standard InChI is InChI=1S/C22H32N4O2S/c1-4-25(5-2)12-13-26-21(28)17-11-10-16(14-19(17)24-22(26)29)20(27)23-18-9-7-6-8-15(18)3/h10-11,14-15,18H,4-9,12-13H2,1-3H3,(H,23,27)(H,24,29)/t15-,18-/m1/s1. The van der Waals surface area contributed by atoms with E-state index in [-0.39, 0.29) is 17.5 Å². The molecule has 1 aromatic carbocycles. The number of aromatic amines is 1. The van der Waals surface area contributed by atoms with Crippen LogP contribution in [0.1, 0.15) is 56.8 Å². The van der Waals surface area contributed by atoms with Gasteiger partial charge >= 0.3 is 0 Å². The van der Waals surface area contributed by atoms with Crippen molar-refractivity contribution in [2.45, 2.75) is 59.0 Å². The van der Waals surface area contributed by atoms with Crippen molar-refractivity contribution < 1.29 is 4.79 Å². The van der Waals surface area contributed by atoms with Gasteiger partial charge in [0.2, 0.25) is 0 Å². The molecular formula is C22H32N4O2S. The van der Waals surface area contributed by atoms with Crippen LogP contribution in [0, 0.1) is 10.7 Å². The third kappa shape index (κ3) is 4.95. The first-order valence-electron chi connectivity index (χ1n) is 10.7. The van der Waals surface area contributed by atoms with Gasteiger partial charge in [-0.25, -0.2) is 0 Å². The zero-order valence-electron chi connectivity index (χ0n) is 17.7. The molecule has 158 valence electrons. The van der Waals surface area contributed by atoms with Gasteiger partial charge in [0.15, 0.2) is 4.77 Å². The van der Waals surface area contributed by atoms with E-state index < -0.39 is 0 Å². The Balaban J connectivity index is 1.83. The van der Waals surface area contributed by atoms with Crippen LogP contribution in [0.5, 0.6) is 0 Å². The smallest absolute Gasteiger partial charge is 0.262 e. The zero-order valence-corrected chi connectivity index (χ0v) is 18.5. The maximum absolute atomic E-state index is 12.9. The summed E-state index contributed by atoms with van der Waals surface area (Å²) in [6, 6.07) is 5.43. The summed E-state index contributed by atoms with van der Waals surface area (Å²) < 4.78 is 2.01. The Hall–Kier alpha value is -1.99. The second-order valence-electron chi connectivity index (χ2n) is 8.02. The molecule has 7 heteroatoms. The molecular weight excluding hydrogens is 384 g/mol. The number of nitrogens with one attached hydrogen (secondary N) is 2. The van der Waals surface area contributed by atoms with Gasteiger partial charge < -0.3 is 15.2 Å². The molecule has 1 aromatic heterocycles. The van der Waals surface area contributed by atoms with Gasteiger partial charge in [0.25, 0.3) is 11.5 Å².